The Morgan fingerprint density at radius 1 is 0.796 bits per heavy atom. The zero-order valence-electron chi connectivity index (χ0n) is 29.1. The summed E-state index contributed by atoms with van der Waals surface area (Å²) in [5.41, 5.74) is 10.3. The Morgan fingerprint density at radius 2 is 1.59 bits per heavy atom. The van der Waals surface area contributed by atoms with E-state index in [0.717, 1.165) is 70.6 Å². The van der Waals surface area contributed by atoms with Crippen LogP contribution in [-0.2, 0) is 40.3 Å². The number of hydrogen-bond acceptors (Lipinski definition) is 3. The van der Waals surface area contributed by atoms with Gasteiger partial charge in [0.1, 0.15) is 5.82 Å². The molecule has 0 aliphatic rings. The van der Waals surface area contributed by atoms with Gasteiger partial charge in [-0.25, -0.2) is 4.98 Å². The van der Waals surface area contributed by atoms with Crippen LogP contribution >= 0.6 is 0 Å². The third-order valence-corrected chi connectivity index (χ3v) is 8.99. The Labute approximate surface area is 304 Å². The summed E-state index contributed by atoms with van der Waals surface area (Å²) in [5, 5.41) is 7.38. The number of ether oxygens (including phenoxy) is 1. The van der Waals surface area contributed by atoms with Crippen molar-refractivity contribution in [2.45, 2.75) is 67.2 Å². The quantitative estimate of drug-likeness (QED) is 0.136. The second-order valence-corrected chi connectivity index (χ2v) is 13.8. The molecule has 4 aromatic carbocycles. The summed E-state index contributed by atoms with van der Waals surface area (Å²) < 4.78 is 10.7. The van der Waals surface area contributed by atoms with Crippen LogP contribution in [0, 0.1) is 24.5 Å². The molecule has 7 aromatic rings. The summed E-state index contributed by atoms with van der Waals surface area (Å²) in [7, 11) is 0. The molecule has 0 unspecified atom stereocenters. The summed E-state index contributed by atoms with van der Waals surface area (Å²) >= 11 is 0. The molecule has 7 rings (SSSR count). The summed E-state index contributed by atoms with van der Waals surface area (Å²) in [5.74, 6) is 2.10. The fourth-order valence-electron chi connectivity index (χ4n) is 6.54. The average molecular weight is 826 g/mol. The number of nitrogens with zero attached hydrogens (tertiary/aromatic N) is 4. The van der Waals surface area contributed by atoms with Crippen molar-refractivity contribution in [3.05, 3.63) is 132 Å². The molecule has 0 radical (unpaired) electrons. The molecule has 5 nitrogen and oxygen atoms in total. The summed E-state index contributed by atoms with van der Waals surface area (Å²) in [4.78, 5) is 4.77. The third kappa shape index (κ3) is 7.00. The maximum atomic E-state index is 6.49. The molecule has 0 saturated heterocycles. The maximum absolute atomic E-state index is 6.49. The van der Waals surface area contributed by atoms with Crippen LogP contribution in [0.2, 0.25) is 0 Å². The first kappa shape index (κ1) is 34.4. The van der Waals surface area contributed by atoms with Crippen LogP contribution in [0.15, 0.2) is 97.2 Å². The van der Waals surface area contributed by atoms with Crippen LogP contribution in [-0.4, -0.2) is 19.3 Å². The molecule has 0 amide bonds. The van der Waals surface area contributed by atoms with Gasteiger partial charge < -0.3 is 9.30 Å². The van der Waals surface area contributed by atoms with Crippen molar-refractivity contribution in [1.82, 2.24) is 19.3 Å². The van der Waals surface area contributed by atoms with Crippen molar-refractivity contribution in [2.75, 3.05) is 0 Å². The van der Waals surface area contributed by atoms with Gasteiger partial charge >= 0.3 is 21.1 Å². The fraction of sp³-hybridized carbons (Fsp3) is 0.256. The van der Waals surface area contributed by atoms with Gasteiger partial charge in [-0.3, -0.25) is 4.68 Å². The Balaban J connectivity index is 0.00000417. The van der Waals surface area contributed by atoms with Gasteiger partial charge in [-0.2, -0.15) is 17.2 Å². The number of benzene rings is 4. The van der Waals surface area contributed by atoms with Crippen molar-refractivity contribution in [2.24, 2.45) is 5.41 Å². The first-order chi connectivity index (χ1) is 23.2. The van der Waals surface area contributed by atoms with Crippen molar-refractivity contribution in [1.29, 1.82) is 0 Å². The van der Waals surface area contributed by atoms with E-state index in [2.05, 4.69) is 119 Å². The van der Waals surface area contributed by atoms with E-state index >= 15 is 0 Å². The molecule has 0 N–H and O–H groups in total. The third-order valence-electron chi connectivity index (χ3n) is 8.99. The number of aromatic nitrogens is 4. The van der Waals surface area contributed by atoms with E-state index in [1.807, 2.05) is 41.2 Å². The summed E-state index contributed by atoms with van der Waals surface area (Å²) in [6.45, 7) is 13.3. The normalized spacial score (nSPS) is 11.6. The first-order valence-corrected chi connectivity index (χ1v) is 17.0. The van der Waals surface area contributed by atoms with E-state index in [1.165, 1.54) is 22.1 Å². The van der Waals surface area contributed by atoms with Crippen LogP contribution in [0.4, 0.5) is 0 Å². The Bertz CT molecular complexity index is 2240. The second-order valence-electron chi connectivity index (χ2n) is 13.8. The molecule has 250 valence electrons. The zero-order valence-corrected chi connectivity index (χ0v) is 31.4. The summed E-state index contributed by atoms with van der Waals surface area (Å²) in [6, 6.07) is 38.8. The van der Waals surface area contributed by atoms with Gasteiger partial charge in [-0.15, -0.1) is 35.7 Å². The molecule has 6 heteroatoms. The van der Waals surface area contributed by atoms with E-state index < -0.39 is 0 Å². The van der Waals surface area contributed by atoms with E-state index in [4.69, 9.17) is 14.8 Å². The van der Waals surface area contributed by atoms with E-state index in [-0.39, 0.29) is 26.5 Å². The van der Waals surface area contributed by atoms with Gasteiger partial charge in [-0.05, 0) is 84.0 Å². The molecule has 0 aliphatic heterocycles. The topological polar surface area (TPSA) is 44.9 Å². The van der Waals surface area contributed by atoms with Gasteiger partial charge in [0.25, 0.3) is 0 Å². The largest absolute Gasteiger partial charge is 2.00 e. The fourth-order valence-corrected chi connectivity index (χ4v) is 6.54. The van der Waals surface area contributed by atoms with Crippen molar-refractivity contribution >= 4 is 21.8 Å². The van der Waals surface area contributed by atoms with E-state index in [9.17, 15) is 0 Å². The van der Waals surface area contributed by atoms with Crippen molar-refractivity contribution in [3.63, 3.8) is 0 Å². The molecule has 0 fully saturated rings. The standard InChI is InChI=1S/C43H42N4O.Pt/c1-7-37-42(31-13-10-9-11-14-31)38(8-2)47(45-37)32-15-12-16-33(27-32)48-34-18-19-35-36-26-30(21-23-43(4,5)6)17-20-39(36)46(40(35)28-34)41-25-29(3)22-24-44-41;/h9-20,22,24-26H,7-8,21,23H2,1-6H3;/q-2;+2. The number of rotatable bonds is 9. The molecular formula is C43H42N4OPt. The monoisotopic (exact) mass is 825 g/mol. The molecule has 0 saturated carbocycles. The minimum atomic E-state index is 0. The van der Waals surface area contributed by atoms with E-state index in [1.54, 1.807) is 0 Å². The molecule has 49 heavy (non-hydrogen) atoms. The minimum Gasteiger partial charge on any atom is -0.509 e. The smallest absolute Gasteiger partial charge is 0.509 e. The Hall–Kier alpha value is -4.47. The van der Waals surface area contributed by atoms with Gasteiger partial charge in [-0.1, -0.05) is 82.6 Å². The number of fused-ring (bicyclic) bond motifs is 3. The van der Waals surface area contributed by atoms with Crippen molar-refractivity contribution in [3.8, 4) is 34.1 Å². The number of hydrogen-bond donors (Lipinski definition) is 0. The zero-order chi connectivity index (χ0) is 33.4. The van der Waals surface area contributed by atoms with Crippen molar-refractivity contribution < 1.29 is 25.8 Å². The molecule has 0 aliphatic carbocycles. The number of pyridine rings is 1. The average Bonchev–Trinajstić information content (AvgIpc) is 3.62. The molecule has 0 atom stereocenters. The SMILES string of the molecule is CCc1nn(-c2[c-]c(Oc3[c-]c4c(cc3)c3cc(CCC(C)(C)C)ccc3n4-c3cc(C)ccn3)ccc2)c(CC)c1-c1ccccc1.[Pt+2]. The number of aryl methyl sites for hydroxylation is 3. The van der Waals surface area contributed by atoms with Crippen LogP contribution in [0.5, 0.6) is 11.5 Å². The first-order valence-electron chi connectivity index (χ1n) is 17.0. The molecule has 0 bridgehead atoms. The molecular weight excluding hydrogens is 784 g/mol. The van der Waals surface area contributed by atoms with Gasteiger partial charge in [0.15, 0.2) is 0 Å². The van der Waals surface area contributed by atoms with Gasteiger partial charge in [0.2, 0.25) is 0 Å². The van der Waals surface area contributed by atoms with E-state index in [0.29, 0.717) is 11.5 Å². The predicted octanol–water partition coefficient (Wildman–Crippen LogP) is 10.8. The Kier molecular flexibility index (Phi) is 9.95. The Morgan fingerprint density at radius 3 is 2.33 bits per heavy atom. The van der Waals surface area contributed by atoms with Gasteiger partial charge in [0, 0.05) is 34.5 Å². The minimum absolute atomic E-state index is 0. The molecule has 0 spiro atoms. The predicted molar refractivity (Wildman–Crippen MR) is 197 cm³/mol. The summed E-state index contributed by atoms with van der Waals surface area (Å²) in [6.07, 6.45) is 5.72. The molecule has 3 heterocycles. The maximum Gasteiger partial charge on any atom is 2.00 e. The van der Waals surface area contributed by atoms with Crippen LogP contribution in [0.1, 0.15) is 63.6 Å². The molecule has 3 aromatic heterocycles. The van der Waals surface area contributed by atoms with Crippen LogP contribution < -0.4 is 4.74 Å². The second kappa shape index (κ2) is 14.2. The van der Waals surface area contributed by atoms with Crippen LogP contribution in [0.3, 0.4) is 0 Å². The van der Waals surface area contributed by atoms with Gasteiger partial charge in [0.05, 0.1) is 5.69 Å². The van der Waals surface area contributed by atoms with Crippen LogP contribution in [0.25, 0.3) is 44.4 Å².